The number of benzene rings is 1. The van der Waals surface area contributed by atoms with Crippen molar-refractivity contribution in [2.45, 2.75) is 12.7 Å². The van der Waals surface area contributed by atoms with Gasteiger partial charge in [0, 0.05) is 5.69 Å². The van der Waals surface area contributed by atoms with Gasteiger partial charge in [0.05, 0.1) is 7.11 Å². The number of ether oxygens (including phenoxy) is 1. The van der Waals surface area contributed by atoms with E-state index < -0.39 is 33.2 Å². The number of hydrogen-bond donors (Lipinski definition) is 1. The summed E-state index contributed by atoms with van der Waals surface area (Å²) < 4.78 is 33.7. The summed E-state index contributed by atoms with van der Waals surface area (Å²) in [6, 6.07) is 9.72. The Morgan fingerprint density at radius 2 is 1.96 bits per heavy atom. The summed E-state index contributed by atoms with van der Waals surface area (Å²) in [6.45, 7) is 1.86. The second-order valence-electron chi connectivity index (χ2n) is 5.21. The zero-order chi connectivity index (χ0) is 17.7. The molecule has 1 N–H and O–H groups in total. The van der Waals surface area contributed by atoms with Crippen molar-refractivity contribution in [1.29, 1.82) is 0 Å². The van der Waals surface area contributed by atoms with Gasteiger partial charge in [-0.1, -0.05) is 12.1 Å². The number of sulfone groups is 1. The molecule has 0 aliphatic rings. The van der Waals surface area contributed by atoms with Crippen LogP contribution in [-0.2, 0) is 25.1 Å². The molecule has 2 rings (SSSR count). The molecular formula is C16H17NO6S. The standard InChI is InChI=1S/C16H17NO6S/c1-11-4-3-5-12(8-11)17-15(18)10-24(20,21)9-13-6-7-14(23-13)16(19)22-2/h3-8H,9-10H2,1-2H3,(H,17,18). The van der Waals surface area contributed by atoms with Gasteiger partial charge in [0.2, 0.25) is 11.7 Å². The molecular weight excluding hydrogens is 334 g/mol. The van der Waals surface area contributed by atoms with E-state index in [9.17, 15) is 18.0 Å². The number of carbonyl (C=O) groups is 2. The van der Waals surface area contributed by atoms with Crippen molar-refractivity contribution in [2.24, 2.45) is 0 Å². The molecule has 0 aliphatic heterocycles. The first kappa shape index (κ1) is 17.7. The van der Waals surface area contributed by atoms with Crippen LogP contribution < -0.4 is 5.32 Å². The van der Waals surface area contributed by atoms with Crippen LogP contribution in [0.4, 0.5) is 5.69 Å². The van der Waals surface area contributed by atoms with E-state index in [1.54, 1.807) is 18.2 Å². The molecule has 1 amide bonds. The van der Waals surface area contributed by atoms with Crippen molar-refractivity contribution in [3.8, 4) is 0 Å². The van der Waals surface area contributed by atoms with Crippen molar-refractivity contribution < 1.29 is 27.2 Å². The monoisotopic (exact) mass is 351 g/mol. The third-order valence-electron chi connectivity index (χ3n) is 3.06. The maximum Gasteiger partial charge on any atom is 0.373 e. The minimum atomic E-state index is -3.74. The fourth-order valence-electron chi connectivity index (χ4n) is 2.05. The quantitative estimate of drug-likeness (QED) is 0.798. The zero-order valence-corrected chi connectivity index (χ0v) is 14.1. The van der Waals surface area contributed by atoms with Gasteiger partial charge in [-0.15, -0.1) is 0 Å². The van der Waals surface area contributed by atoms with Gasteiger partial charge in [0.15, 0.2) is 9.84 Å². The molecule has 0 spiro atoms. The lowest BCUT2D eigenvalue weighted by Gasteiger charge is -2.06. The number of methoxy groups -OCH3 is 1. The van der Waals surface area contributed by atoms with Gasteiger partial charge in [0.1, 0.15) is 17.3 Å². The van der Waals surface area contributed by atoms with E-state index in [1.807, 2.05) is 13.0 Å². The van der Waals surface area contributed by atoms with Crippen molar-refractivity contribution in [3.63, 3.8) is 0 Å². The Kier molecular flexibility index (Phi) is 5.40. The first-order valence-electron chi connectivity index (χ1n) is 7.03. The highest BCUT2D eigenvalue weighted by Gasteiger charge is 2.21. The maximum atomic E-state index is 12.1. The van der Waals surface area contributed by atoms with Gasteiger partial charge in [-0.2, -0.15) is 0 Å². The molecule has 7 nitrogen and oxygen atoms in total. The highest BCUT2D eigenvalue weighted by atomic mass is 32.2. The molecule has 24 heavy (non-hydrogen) atoms. The fourth-order valence-corrected chi connectivity index (χ4v) is 3.22. The summed E-state index contributed by atoms with van der Waals surface area (Å²) in [5.41, 5.74) is 1.47. The number of esters is 1. The van der Waals surface area contributed by atoms with E-state index >= 15 is 0 Å². The Balaban J connectivity index is 1.99. The van der Waals surface area contributed by atoms with Crippen LogP contribution in [0.25, 0.3) is 0 Å². The maximum absolute atomic E-state index is 12.1. The third kappa shape index (κ3) is 4.95. The molecule has 1 aromatic heterocycles. The second kappa shape index (κ2) is 7.31. The number of hydrogen-bond acceptors (Lipinski definition) is 6. The molecule has 0 bridgehead atoms. The highest BCUT2D eigenvalue weighted by molar-refractivity contribution is 7.91. The van der Waals surface area contributed by atoms with Crippen molar-refractivity contribution in [3.05, 3.63) is 53.5 Å². The lowest BCUT2D eigenvalue weighted by Crippen LogP contribution is -2.23. The predicted molar refractivity (Wildman–Crippen MR) is 87.3 cm³/mol. The SMILES string of the molecule is COC(=O)c1ccc(CS(=O)(=O)CC(=O)Nc2cccc(C)c2)o1. The highest BCUT2D eigenvalue weighted by Crippen LogP contribution is 2.14. The minimum absolute atomic E-state index is 0.0683. The van der Waals surface area contributed by atoms with Crippen molar-refractivity contribution in [1.82, 2.24) is 0 Å². The Morgan fingerprint density at radius 1 is 1.21 bits per heavy atom. The second-order valence-corrected chi connectivity index (χ2v) is 7.27. The van der Waals surface area contributed by atoms with Crippen LogP contribution in [0.5, 0.6) is 0 Å². The van der Waals surface area contributed by atoms with Crippen LogP contribution in [0.1, 0.15) is 21.9 Å². The summed E-state index contributed by atoms with van der Waals surface area (Å²) in [5.74, 6) is -2.53. The van der Waals surface area contributed by atoms with Crippen LogP contribution in [0.3, 0.4) is 0 Å². The largest absolute Gasteiger partial charge is 0.463 e. The molecule has 2 aromatic rings. The Morgan fingerprint density at radius 3 is 2.62 bits per heavy atom. The molecule has 1 heterocycles. The molecule has 0 aliphatic carbocycles. The molecule has 0 atom stereocenters. The molecule has 128 valence electrons. The molecule has 0 radical (unpaired) electrons. The van der Waals surface area contributed by atoms with Gasteiger partial charge in [0.25, 0.3) is 0 Å². The van der Waals surface area contributed by atoms with Gasteiger partial charge >= 0.3 is 5.97 Å². The third-order valence-corrected chi connectivity index (χ3v) is 4.49. The number of rotatable bonds is 6. The Hall–Kier alpha value is -2.61. The lowest BCUT2D eigenvalue weighted by molar-refractivity contribution is -0.113. The van der Waals surface area contributed by atoms with Crippen LogP contribution in [0.2, 0.25) is 0 Å². The van der Waals surface area contributed by atoms with Crippen molar-refractivity contribution >= 4 is 27.4 Å². The molecule has 0 saturated heterocycles. The summed E-state index contributed by atoms with van der Waals surface area (Å²) in [7, 11) is -2.55. The van der Waals surface area contributed by atoms with Gasteiger partial charge in [-0.05, 0) is 36.8 Å². The summed E-state index contributed by atoms with van der Waals surface area (Å²) >= 11 is 0. The molecule has 0 saturated carbocycles. The number of furan rings is 1. The summed E-state index contributed by atoms with van der Waals surface area (Å²) in [6.07, 6.45) is 0. The topological polar surface area (TPSA) is 103 Å². The van der Waals surface area contributed by atoms with Crippen LogP contribution >= 0.6 is 0 Å². The van der Waals surface area contributed by atoms with Gasteiger partial charge in [-0.3, -0.25) is 4.79 Å². The zero-order valence-electron chi connectivity index (χ0n) is 13.2. The first-order valence-corrected chi connectivity index (χ1v) is 8.85. The van der Waals surface area contributed by atoms with E-state index in [0.717, 1.165) is 5.56 Å². The summed E-state index contributed by atoms with van der Waals surface area (Å²) in [4.78, 5) is 23.2. The fraction of sp³-hybridized carbons (Fsp3) is 0.250. The predicted octanol–water partition coefficient (Wildman–Crippen LogP) is 1.93. The minimum Gasteiger partial charge on any atom is -0.463 e. The Labute approximate surface area is 139 Å². The number of amides is 1. The first-order chi connectivity index (χ1) is 11.3. The average Bonchev–Trinajstić information content (AvgIpc) is 2.93. The van der Waals surface area contributed by atoms with E-state index in [0.29, 0.717) is 5.69 Å². The molecule has 8 heteroatoms. The number of aryl methyl sites for hydroxylation is 1. The van der Waals surface area contributed by atoms with Gasteiger partial charge < -0.3 is 14.5 Å². The molecule has 0 fully saturated rings. The van der Waals surface area contributed by atoms with Crippen LogP contribution in [0.15, 0.2) is 40.8 Å². The van der Waals surface area contributed by atoms with E-state index in [2.05, 4.69) is 10.1 Å². The van der Waals surface area contributed by atoms with Crippen LogP contribution in [0, 0.1) is 6.92 Å². The lowest BCUT2D eigenvalue weighted by atomic mass is 10.2. The number of nitrogens with one attached hydrogen (secondary N) is 1. The number of anilines is 1. The van der Waals surface area contributed by atoms with E-state index in [1.165, 1.54) is 19.2 Å². The average molecular weight is 351 g/mol. The van der Waals surface area contributed by atoms with Crippen LogP contribution in [-0.4, -0.2) is 33.2 Å². The smallest absolute Gasteiger partial charge is 0.373 e. The normalized spacial score (nSPS) is 11.1. The number of carbonyl (C=O) groups excluding carboxylic acids is 2. The summed E-state index contributed by atoms with van der Waals surface area (Å²) in [5, 5.41) is 2.53. The van der Waals surface area contributed by atoms with Gasteiger partial charge in [-0.25, -0.2) is 13.2 Å². The van der Waals surface area contributed by atoms with E-state index in [4.69, 9.17) is 4.42 Å². The Bertz CT molecular complexity index is 853. The van der Waals surface area contributed by atoms with Crippen molar-refractivity contribution in [2.75, 3.05) is 18.2 Å². The van der Waals surface area contributed by atoms with E-state index in [-0.39, 0.29) is 11.5 Å². The molecule has 0 unspecified atom stereocenters. The molecule has 1 aromatic carbocycles.